The van der Waals surface area contributed by atoms with Gasteiger partial charge in [-0.2, -0.15) is 13.2 Å². The number of nitrogens with one attached hydrogen (secondary N) is 2. The Kier molecular flexibility index (Phi) is 9.81. The van der Waals surface area contributed by atoms with E-state index in [1.54, 1.807) is 31.5 Å². The molecule has 0 radical (unpaired) electrons. The normalized spacial score (nSPS) is 14.8. The fourth-order valence-electron chi connectivity index (χ4n) is 4.33. The Morgan fingerprint density at radius 3 is 2.41 bits per heavy atom. The third kappa shape index (κ3) is 7.41. The summed E-state index contributed by atoms with van der Waals surface area (Å²) in [5.74, 6) is -2.64. The van der Waals surface area contributed by atoms with E-state index in [1.165, 1.54) is 12.1 Å². The smallest absolute Gasteiger partial charge is 0.475 e. The molecule has 0 aliphatic carbocycles. The van der Waals surface area contributed by atoms with Crippen LogP contribution in [0.4, 0.5) is 23.5 Å². The lowest BCUT2D eigenvalue weighted by Crippen LogP contribution is -2.35. The molecule has 0 unspecified atom stereocenters. The van der Waals surface area contributed by atoms with Gasteiger partial charge in [0.2, 0.25) is 5.95 Å². The quantitative estimate of drug-likeness (QED) is 0.380. The van der Waals surface area contributed by atoms with Crippen LogP contribution in [0.3, 0.4) is 0 Å². The molecule has 1 atom stereocenters. The van der Waals surface area contributed by atoms with Crippen LogP contribution >= 0.6 is 0 Å². The lowest BCUT2D eigenvalue weighted by Gasteiger charge is -2.25. The van der Waals surface area contributed by atoms with Crippen molar-refractivity contribution >= 4 is 11.9 Å². The molecule has 3 N–H and O–H groups in total. The van der Waals surface area contributed by atoms with Gasteiger partial charge < -0.3 is 20.5 Å². The van der Waals surface area contributed by atoms with Gasteiger partial charge in [0, 0.05) is 26.4 Å². The summed E-state index contributed by atoms with van der Waals surface area (Å²) in [7, 11) is 3.53. The molecule has 4 rings (SSSR count). The second kappa shape index (κ2) is 12.8. The second-order valence-corrected chi connectivity index (χ2v) is 8.95. The first kappa shape index (κ1) is 29.8. The van der Waals surface area contributed by atoms with Crippen LogP contribution in [-0.4, -0.2) is 69.4 Å². The van der Waals surface area contributed by atoms with E-state index in [0.29, 0.717) is 35.1 Å². The fraction of sp³-hybridized carbons (Fsp3) is 0.440. The van der Waals surface area contributed by atoms with Gasteiger partial charge in [0.05, 0.1) is 29.6 Å². The summed E-state index contributed by atoms with van der Waals surface area (Å²) < 4.78 is 54.2. The Morgan fingerprint density at radius 2 is 1.85 bits per heavy atom. The lowest BCUT2D eigenvalue weighted by atomic mass is 10.0. The summed E-state index contributed by atoms with van der Waals surface area (Å²) in [6.07, 6.45) is -1.68. The van der Waals surface area contributed by atoms with Gasteiger partial charge in [0.15, 0.2) is 0 Å². The third-order valence-corrected chi connectivity index (χ3v) is 6.03. The molecular weight excluding hydrogens is 524 g/mol. The van der Waals surface area contributed by atoms with E-state index in [0.717, 1.165) is 25.9 Å². The summed E-state index contributed by atoms with van der Waals surface area (Å²) in [5.41, 5.74) is 2.39. The Bertz CT molecular complexity index is 1320. The minimum absolute atomic E-state index is 0.0231. The lowest BCUT2D eigenvalue weighted by molar-refractivity contribution is -0.192. The zero-order chi connectivity index (χ0) is 28.7. The number of methoxy groups -OCH3 is 1. The standard InChI is InChI=1S/C23H29FN6O2.C2HF3O2/c1-15(14-32-3)27-23-26-13-10-19(28-23)21-20(16-4-6-17(24)7-5-16)22(31)30(29(21)2)18-8-11-25-12-9-18;3-2(4,5)1(6)7/h4-7,10,13,15,18,25H,8-9,11-12,14H2,1-3H3,(H,26,27,28);(H,6,7)/t15-;/m0./s1. The van der Waals surface area contributed by atoms with Gasteiger partial charge in [0.1, 0.15) is 5.82 Å². The summed E-state index contributed by atoms with van der Waals surface area (Å²) in [6.45, 7) is 4.22. The maximum Gasteiger partial charge on any atom is 0.490 e. The molecule has 1 aromatic carbocycles. The van der Waals surface area contributed by atoms with Crippen molar-refractivity contribution in [1.82, 2.24) is 24.6 Å². The molecule has 14 heteroatoms. The summed E-state index contributed by atoms with van der Waals surface area (Å²) in [5, 5.41) is 13.7. The van der Waals surface area contributed by atoms with Crippen molar-refractivity contribution < 1.29 is 32.2 Å². The summed E-state index contributed by atoms with van der Waals surface area (Å²) >= 11 is 0. The number of hydrogen-bond donors (Lipinski definition) is 3. The third-order valence-electron chi connectivity index (χ3n) is 6.03. The molecule has 1 saturated heterocycles. The minimum atomic E-state index is -5.08. The number of halogens is 4. The number of anilines is 1. The molecule has 212 valence electrons. The van der Waals surface area contributed by atoms with Crippen LogP contribution in [0, 0.1) is 5.82 Å². The predicted octanol–water partition coefficient (Wildman–Crippen LogP) is 3.45. The molecule has 39 heavy (non-hydrogen) atoms. The zero-order valence-corrected chi connectivity index (χ0v) is 21.6. The topological polar surface area (TPSA) is 123 Å². The number of carboxylic acid groups (broad SMARTS) is 1. The highest BCUT2D eigenvalue weighted by Gasteiger charge is 2.38. The number of carbonyl (C=O) groups is 1. The molecule has 0 bridgehead atoms. The first-order valence-corrected chi connectivity index (χ1v) is 12.1. The number of alkyl halides is 3. The Balaban J connectivity index is 0.000000532. The van der Waals surface area contributed by atoms with Gasteiger partial charge in [-0.3, -0.25) is 9.48 Å². The molecule has 1 aliphatic heterocycles. The number of hydrogen-bond acceptors (Lipinski definition) is 7. The van der Waals surface area contributed by atoms with Crippen molar-refractivity contribution in [2.45, 2.75) is 38.0 Å². The first-order chi connectivity index (χ1) is 18.4. The fourth-order valence-corrected chi connectivity index (χ4v) is 4.33. The molecule has 3 aromatic rings. The molecule has 0 saturated carbocycles. The maximum atomic E-state index is 13.7. The number of ether oxygens (including phenoxy) is 1. The van der Waals surface area contributed by atoms with E-state index in [9.17, 15) is 22.4 Å². The number of nitrogens with zero attached hydrogens (tertiary/aromatic N) is 4. The first-order valence-electron chi connectivity index (χ1n) is 12.1. The maximum absolute atomic E-state index is 13.7. The van der Waals surface area contributed by atoms with E-state index in [4.69, 9.17) is 19.6 Å². The number of aromatic nitrogens is 4. The van der Waals surface area contributed by atoms with Crippen LogP contribution in [0.15, 0.2) is 41.3 Å². The predicted molar refractivity (Wildman–Crippen MR) is 136 cm³/mol. The summed E-state index contributed by atoms with van der Waals surface area (Å²) in [6, 6.07) is 7.94. The van der Waals surface area contributed by atoms with Crippen LogP contribution in [0.5, 0.6) is 0 Å². The molecule has 3 heterocycles. The van der Waals surface area contributed by atoms with Crippen molar-refractivity contribution in [1.29, 1.82) is 0 Å². The largest absolute Gasteiger partial charge is 0.490 e. The second-order valence-electron chi connectivity index (χ2n) is 8.95. The van der Waals surface area contributed by atoms with Gasteiger partial charge in [-0.05, 0) is 56.6 Å². The number of benzene rings is 1. The van der Waals surface area contributed by atoms with E-state index in [1.807, 2.05) is 23.3 Å². The molecule has 0 amide bonds. The molecule has 1 fully saturated rings. The van der Waals surface area contributed by atoms with E-state index in [2.05, 4.69) is 15.6 Å². The molecule has 1 aliphatic rings. The molecular formula is C25H30F4N6O4. The Morgan fingerprint density at radius 1 is 1.23 bits per heavy atom. The SMILES string of the molecule is COC[C@H](C)Nc1nccc(-c2c(-c3ccc(F)cc3)c(=O)n(C3CCNCC3)n2C)n1.O=C(O)C(F)(F)F. The van der Waals surface area contributed by atoms with E-state index in [-0.39, 0.29) is 23.5 Å². The zero-order valence-electron chi connectivity index (χ0n) is 21.6. The van der Waals surface area contributed by atoms with Gasteiger partial charge in [-0.15, -0.1) is 0 Å². The minimum Gasteiger partial charge on any atom is -0.475 e. The molecule has 2 aromatic heterocycles. The highest BCUT2D eigenvalue weighted by atomic mass is 19.4. The van der Waals surface area contributed by atoms with Crippen LogP contribution in [0.2, 0.25) is 0 Å². The Hall–Kier alpha value is -3.78. The van der Waals surface area contributed by atoms with Crippen molar-refractivity contribution in [3.8, 4) is 22.5 Å². The van der Waals surface area contributed by atoms with E-state index < -0.39 is 12.1 Å². The average Bonchev–Trinajstić information content (AvgIpc) is 3.15. The monoisotopic (exact) mass is 554 g/mol. The van der Waals surface area contributed by atoms with E-state index >= 15 is 0 Å². The number of carboxylic acids is 1. The van der Waals surface area contributed by atoms with Crippen LogP contribution in [0.1, 0.15) is 25.8 Å². The highest BCUT2D eigenvalue weighted by Crippen LogP contribution is 2.31. The number of aliphatic carboxylic acids is 1. The summed E-state index contributed by atoms with van der Waals surface area (Å²) in [4.78, 5) is 31.6. The Labute approximate surface area is 221 Å². The van der Waals surface area contributed by atoms with Crippen LogP contribution in [-0.2, 0) is 16.6 Å². The van der Waals surface area contributed by atoms with Gasteiger partial charge in [0.25, 0.3) is 5.56 Å². The van der Waals surface area contributed by atoms with Crippen molar-refractivity contribution in [3.63, 3.8) is 0 Å². The van der Waals surface area contributed by atoms with Crippen molar-refractivity contribution in [2.75, 3.05) is 32.1 Å². The van der Waals surface area contributed by atoms with Crippen LogP contribution in [0.25, 0.3) is 22.5 Å². The van der Waals surface area contributed by atoms with Gasteiger partial charge in [-0.25, -0.2) is 23.8 Å². The molecule has 0 spiro atoms. The number of piperidine rings is 1. The number of rotatable bonds is 7. The van der Waals surface area contributed by atoms with Crippen LogP contribution < -0.4 is 16.2 Å². The van der Waals surface area contributed by atoms with Crippen molar-refractivity contribution in [2.24, 2.45) is 7.05 Å². The van der Waals surface area contributed by atoms with Gasteiger partial charge >= 0.3 is 12.1 Å². The molecule has 10 nitrogen and oxygen atoms in total. The highest BCUT2D eigenvalue weighted by molar-refractivity contribution is 5.79. The van der Waals surface area contributed by atoms with Gasteiger partial charge in [-0.1, -0.05) is 12.1 Å². The average molecular weight is 555 g/mol. The van der Waals surface area contributed by atoms with Crippen molar-refractivity contribution in [3.05, 3.63) is 52.7 Å².